The van der Waals surface area contributed by atoms with Gasteiger partial charge in [0.1, 0.15) is 0 Å². The van der Waals surface area contributed by atoms with Crippen LogP contribution in [0.2, 0.25) is 0 Å². The SMILES string of the molecule is CC1(C)c2ccccc2N(c2ccc3c(c2)C(C)(C)c2ccc(B4OC(C)(C)C(C)(C)O4)cc2C3(C)C)c2ccccc21. The predicted octanol–water partition coefficient (Wildman–Crippen LogP) is 9.06. The molecule has 3 aliphatic rings. The lowest BCUT2D eigenvalue weighted by Crippen LogP contribution is -2.41. The normalized spacial score (nSPS) is 21.4. The summed E-state index contributed by atoms with van der Waals surface area (Å²) < 4.78 is 12.9. The maximum Gasteiger partial charge on any atom is 0.494 e. The summed E-state index contributed by atoms with van der Waals surface area (Å²) in [6.07, 6.45) is 0. The summed E-state index contributed by atoms with van der Waals surface area (Å²) in [7, 11) is -0.374. The van der Waals surface area contributed by atoms with Gasteiger partial charge in [-0.15, -0.1) is 0 Å². The van der Waals surface area contributed by atoms with Crippen molar-refractivity contribution in [3.05, 3.63) is 118 Å². The van der Waals surface area contributed by atoms with E-state index in [1.807, 2.05) is 0 Å². The van der Waals surface area contributed by atoms with Crippen LogP contribution in [0.1, 0.15) is 103 Å². The second kappa shape index (κ2) is 8.86. The summed E-state index contributed by atoms with van der Waals surface area (Å²) in [5.41, 5.74) is 11.8. The molecule has 2 aliphatic heterocycles. The molecular formula is C39H44BNO2. The van der Waals surface area contributed by atoms with E-state index < -0.39 is 0 Å². The monoisotopic (exact) mass is 569 g/mol. The zero-order valence-electron chi connectivity index (χ0n) is 27.4. The molecule has 4 aromatic rings. The molecule has 0 aromatic heterocycles. The third-order valence-corrected chi connectivity index (χ3v) is 11.2. The maximum absolute atomic E-state index is 6.46. The van der Waals surface area contributed by atoms with Gasteiger partial charge in [0, 0.05) is 21.9 Å². The predicted molar refractivity (Wildman–Crippen MR) is 180 cm³/mol. The molecule has 0 saturated carbocycles. The van der Waals surface area contributed by atoms with Crippen LogP contribution < -0.4 is 10.4 Å². The van der Waals surface area contributed by atoms with Gasteiger partial charge in [-0.05, 0) is 90.8 Å². The van der Waals surface area contributed by atoms with Crippen LogP contribution in [0.4, 0.5) is 17.1 Å². The van der Waals surface area contributed by atoms with Crippen molar-refractivity contribution in [2.45, 2.75) is 96.7 Å². The molecule has 4 heteroatoms. The topological polar surface area (TPSA) is 21.7 Å². The molecule has 1 saturated heterocycles. The van der Waals surface area contributed by atoms with Crippen molar-refractivity contribution in [2.75, 3.05) is 4.90 Å². The fraction of sp³-hybridized carbons (Fsp3) is 0.385. The number of para-hydroxylation sites is 2. The van der Waals surface area contributed by atoms with Crippen molar-refractivity contribution in [3.63, 3.8) is 0 Å². The number of fused-ring (bicyclic) bond motifs is 4. The van der Waals surface area contributed by atoms with Crippen LogP contribution in [0.15, 0.2) is 84.9 Å². The summed E-state index contributed by atoms with van der Waals surface area (Å²) >= 11 is 0. The molecule has 43 heavy (non-hydrogen) atoms. The Morgan fingerprint density at radius 3 is 1.44 bits per heavy atom. The van der Waals surface area contributed by atoms with E-state index in [1.165, 1.54) is 50.4 Å². The van der Waals surface area contributed by atoms with E-state index in [4.69, 9.17) is 9.31 Å². The largest absolute Gasteiger partial charge is 0.494 e. The van der Waals surface area contributed by atoms with Crippen molar-refractivity contribution in [3.8, 4) is 0 Å². The zero-order chi connectivity index (χ0) is 30.7. The van der Waals surface area contributed by atoms with Crippen LogP contribution in [0.5, 0.6) is 0 Å². The minimum atomic E-state index is -0.374. The van der Waals surface area contributed by atoms with Crippen molar-refractivity contribution in [1.82, 2.24) is 0 Å². The van der Waals surface area contributed by atoms with Gasteiger partial charge in [-0.25, -0.2) is 0 Å². The van der Waals surface area contributed by atoms with E-state index in [1.54, 1.807) is 0 Å². The average molecular weight is 570 g/mol. The number of anilines is 3. The van der Waals surface area contributed by atoms with E-state index in [0.29, 0.717) is 0 Å². The Morgan fingerprint density at radius 1 is 0.465 bits per heavy atom. The van der Waals surface area contributed by atoms with Crippen LogP contribution in [-0.2, 0) is 25.6 Å². The fourth-order valence-corrected chi connectivity index (χ4v) is 7.72. The Morgan fingerprint density at radius 2 is 0.907 bits per heavy atom. The molecule has 0 bridgehead atoms. The van der Waals surface area contributed by atoms with E-state index in [9.17, 15) is 0 Å². The van der Waals surface area contributed by atoms with Crippen LogP contribution in [-0.4, -0.2) is 18.3 Å². The number of nitrogens with zero attached hydrogens (tertiary/aromatic N) is 1. The van der Waals surface area contributed by atoms with E-state index in [-0.39, 0.29) is 34.6 Å². The Labute approximate surface area is 258 Å². The molecule has 7 rings (SSSR count). The molecule has 0 radical (unpaired) electrons. The first kappa shape index (κ1) is 28.4. The average Bonchev–Trinajstić information content (AvgIpc) is 3.18. The van der Waals surface area contributed by atoms with Gasteiger partial charge in [0.25, 0.3) is 0 Å². The van der Waals surface area contributed by atoms with Gasteiger partial charge in [-0.3, -0.25) is 0 Å². The van der Waals surface area contributed by atoms with Crippen molar-refractivity contribution < 1.29 is 9.31 Å². The van der Waals surface area contributed by atoms with Crippen molar-refractivity contribution >= 4 is 29.6 Å². The lowest BCUT2D eigenvalue weighted by molar-refractivity contribution is 0.00578. The third kappa shape index (κ3) is 3.89. The first-order chi connectivity index (χ1) is 20.1. The highest BCUT2D eigenvalue weighted by Gasteiger charge is 2.52. The molecule has 4 aromatic carbocycles. The Hall–Kier alpha value is -3.34. The molecule has 0 unspecified atom stereocenters. The van der Waals surface area contributed by atoms with Crippen LogP contribution in [0, 0.1) is 0 Å². The summed E-state index contributed by atoms with van der Waals surface area (Å²) in [5, 5.41) is 0. The van der Waals surface area contributed by atoms with E-state index in [2.05, 4.69) is 159 Å². The van der Waals surface area contributed by atoms with Gasteiger partial charge in [0.15, 0.2) is 0 Å². The highest BCUT2D eigenvalue weighted by Crippen LogP contribution is 2.54. The smallest absolute Gasteiger partial charge is 0.399 e. The molecule has 2 heterocycles. The standard InChI is InChI=1S/C39H44BNO2/c1-35(2)28-22-20-26(41-33-17-13-11-15-29(33)37(5,6)30-16-12-14-18-34(30)41)24-32(28)36(3,4)27-21-19-25(23-31(27)35)40-42-38(7,8)39(9,10)43-40/h11-24H,1-10H3. The summed E-state index contributed by atoms with van der Waals surface area (Å²) in [4.78, 5) is 2.47. The minimum Gasteiger partial charge on any atom is -0.399 e. The van der Waals surface area contributed by atoms with E-state index in [0.717, 1.165) is 5.46 Å². The molecule has 1 aliphatic carbocycles. The highest BCUT2D eigenvalue weighted by atomic mass is 16.7. The lowest BCUT2D eigenvalue weighted by atomic mass is 9.58. The van der Waals surface area contributed by atoms with Crippen LogP contribution >= 0.6 is 0 Å². The maximum atomic E-state index is 6.46. The second-order valence-corrected chi connectivity index (χ2v) is 15.4. The summed E-state index contributed by atoms with van der Waals surface area (Å²) in [6.45, 7) is 22.6. The van der Waals surface area contributed by atoms with Crippen LogP contribution in [0.25, 0.3) is 0 Å². The Balaban J connectivity index is 1.36. The van der Waals surface area contributed by atoms with Crippen LogP contribution in [0.3, 0.4) is 0 Å². The zero-order valence-corrected chi connectivity index (χ0v) is 27.4. The number of hydrogen-bond donors (Lipinski definition) is 0. The first-order valence-electron chi connectivity index (χ1n) is 15.7. The summed E-state index contributed by atoms with van der Waals surface area (Å²) in [6, 6.07) is 31.8. The van der Waals surface area contributed by atoms with E-state index >= 15 is 0 Å². The van der Waals surface area contributed by atoms with Gasteiger partial charge in [-0.1, -0.05) is 102 Å². The molecule has 0 spiro atoms. The molecule has 0 N–H and O–H groups in total. The van der Waals surface area contributed by atoms with Gasteiger partial charge in [0.2, 0.25) is 0 Å². The molecule has 0 atom stereocenters. The highest BCUT2D eigenvalue weighted by molar-refractivity contribution is 6.62. The first-order valence-corrected chi connectivity index (χ1v) is 15.7. The second-order valence-electron chi connectivity index (χ2n) is 15.4. The Kier molecular flexibility index (Phi) is 5.86. The molecule has 220 valence electrons. The number of hydrogen-bond acceptors (Lipinski definition) is 3. The summed E-state index contributed by atoms with van der Waals surface area (Å²) in [5.74, 6) is 0. The van der Waals surface area contributed by atoms with Gasteiger partial charge < -0.3 is 14.2 Å². The molecular weight excluding hydrogens is 525 g/mol. The van der Waals surface area contributed by atoms with Gasteiger partial charge >= 0.3 is 7.12 Å². The quantitative estimate of drug-likeness (QED) is 0.225. The molecule has 3 nitrogen and oxygen atoms in total. The number of rotatable bonds is 2. The third-order valence-electron chi connectivity index (χ3n) is 11.2. The van der Waals surface area contributed by atoms with Gasteiger partial charge in [-0.2, -0.15) is 0 Å². The minimum absolute atomic E-state index is 0.0764. The van der Waals surface area contributed by atoms with Crippen molar-refractivity contribution in [2.24, 2.45) is 0 Å². The molecule has 0 amide bonds. The Bertz CT molecular complexity index is 1710. The van der Waals surface area contributed by atoms with Gasteiger partial charge in [0.05, 0.1) is 22.6 Å². The van der Waals surface area contributed by atoms with Crippen molar-refractivity contribution in [1.29, 1.82) is 0 Å². The number of benzene rings is 4. The fourth-order valence-electron chi connectivity index (χ4n) is 7.72. The lowest BCUT2D eigenvalue weighted by Gasteiger charge is -2.46. The molecule has 1 fully saturated rings.